The van der Waals surface area contributed by atoms with Crippen molar-refractivity contribution in [3.63, 3.8) is 0 Å². The van der Waals surface area contributed by atoms with Gasteiger partial charge in [-0.25, -0.2) is 0 Å². The first-order valence-corrected chi connectivity index (χ1v) is 12.8. The van der Waals surface area contributed by atoms with E-state index in [0.717, 1.165) is 0 Å². The van der Waals surface area contributed by atoms with Gasteiger partial charge in [-0.2, -0.15) is 0 Å². The summed E-state index contributed by atoms with van der Waals surface area (Å²) in [6, 6.07) is 21.1. The molecule has 0 fully saturated rings. The van der Waals surface area contributed by atoms with Crippen molar-refractivity contribution in [1.29, 1.82) is 0 Å². The molecule has 0 N–H and O–H groups in total. The summed E-state index contributed by atoms with van der Waals surface area (Å²) in [6.07, 6.45) is 5.24. The van der Waals surface area contributed by atoms with Crippen molar-refractivity contribution in [2.24, 2.45) is 0 Å². The monoisotopic (exact) mass is 522 g/mol. The maximum atomic E-state index is 2.43. The van der Waals surface area contributed by atoms with Crippen molar-refractivity contribution < 1.29 is 57.7 Å². The zero-order chi connectivity index (χ0) is 19.7. The van der Waals surface area contributed by atoms with Crippen LogP contribution < -0.4 is 51.5 Å². The third-order valence-corrected chi connectivity index (χ3v) is 9.34. The first kappa shape index (κ1) is 28.5. The van der Waals surface area contributed by atoms with Gasteiger partial charge in [0.25, 0.3) is 0 Å². The van der Waals surface area contributed by atoms with Gasteiger partial charge in [-0.3, -0.25) is 0 Å². The molecule has 0 nitrogen and oxygen atoms in total. The molecule has 0 aliphatic heterocycles. The molecule has 1 aliphatic rings. The van der Waals surface area contributed by atoms with Gasteiger partial charge in [0.05, 0.1) is 0 Å². The van der Waals surface area contributed by atoms with Crippen LogP contribution >= 0.6 is 0 Å². The Labute approximate surface area is 220 Å². The average molecular weight is 524 g/mol. The Kier molecular flexibility index (Phi) is 11.6. The van der Waals surface area contributed by atoms with Crippen LogP contribution in [-0.2, 0) is 20.4 Å². The molecule has 5 heteroatoms. The van der Waals surface area contributed by atoms with Crippen LogP contribution in [0.3, 0.4) is 0 Å². The second kappa shape index (κ2) is 12.6. The standard InChI is InChI=1S/C26H29Si.3ClH.Ti/c1-4-5-6-9-24-22-10-7-8-11-23(22)25-13-12-20(17-26(24)25)27-21-15-18(2)14-19(3)16-21;;;;/h7-8,10-16,24H,4-6,9,27H2,1-3H3;3*1H;/q;;;;+3/p-3. The molecular weight excluding hydrogens is 495 g/mol. The molecule has 0 saturated carbocycles. The third kappa shape index (κ3) is 6.08. The number of hydrogen-bond acceptors (Lipinski definition) is 0. The van der Waals surface area contributed by atoms with E-state index in [1.54, 1.807) is 25.4 Å². The summed E-state index contributed by atoms with van der Waals surface area (Å²) in [5.74, 6) is 0.589. The Balaban J connectivity index is 0.00000160. The van der Waals surface area contributed by atoms with Crippen LogP contribution in [0, 0.1) is 13.8 Å². The molecule has 0 aromatic heterocycles. The number of unbranched alkanes of at least 4 members (excludes halogenated alkanes) is 2. The van der Waals surface area contributed by atoms with Gasteiger partial charge >= 0.3 is 185 Å². The predicted molar refractivity (Wildman–Crippen MR) is 121 cm³/mol. The SMILES string of the molecule is CCCCCC1c2ccccc2-c2ccc([SiH2]c3cc(C)cc(C)c3)[c]([Ti+3])c21.[Cl-].[Cl-].[Cl-]. The van der Waals surface area contributed by atoms with Crippen molar-refractivity contribution in [2.75, 3.05) is 0 Å². The largest absolute Gasteiger partial charge is 1.00 e. The molecule has 1 atom stereocenters. The molecular formula is C26H29Cl3SiTi. The van der Waals surface area contributed by atoms with Gasteiger partial charge in [0.15, 0.2) is 0 Å². The molecule has 3 aromatic rings. The summed E-state index contributed by atoms with van der Waals surface area (Å²) in [4.78, 5) is 0. The Hall–Kier alpha value is -0.539. The number of aryl methyl sites for hydroxylation is 2. The summed E-state index contributed by atoms with van der Waals surface area (Å²) in [5, 5.41) is 3.19. The molecule has 3 aromatic carbocycles. The first-order chi connectivity index (χ1) is 13.6. The van der Waals surface area contributed by atoms with E-state index in [9.17, 15) is 0 Å². The molecule has 0 spiro atoms. The minimum absolute atomic E-state index is 0. The smallest absolute Gasteiger partial charge is 1.00 e. The van der Waals surface area contributed by atoms with E-state index >= 15 is 0 Å². The van der Waals surface area contributed by atoms with Gasteiger partial charge in [-0.05, 0) is 0 Å². The molecule has 0 bridgehead atoms. The third-order valence-electron chi connectivity index (χ3n) is 6.08. The van der Waals surface area contributed by atoms with Gasteiger partial charge in [0, 0.05) is 0 Å². The molecule has 1 unspecified atom stereocenters. The van der Waals surface area contributed by atoms with Crippen LogP contribution in [0.15, 0.2) is 54.6 Å². The van der Waals surface area contributed by atoms with Gasteiger partial charge in [-0.1, -0.05) is 0 Å². The molecule has 0 amide bonds. The molecule has 0 saturated heterocycles. The van der Waals surface area contributed by atoms with E-state index in [1.165, 1.54) is 47.9 Å². The van der Waals surface area contributed by atoms with Crippen LogP contribution in [-0.4, -0.2) is 9.52 Å². The first-order valence-electron chi connectivity index (χ1n) is 10.6. The maximum Gasteiger partial charge on any atom is -1.00 e. The van der Waals surface area contributed by atoms with Crippen molar-refractivity contribution in [3.8, 4) is 11.1 Å². The fraction of sp³-hybridized carbons (Fsp3) is 0.308. The quantitative estimate of drug-likeness (QED) is 0.225. The minimum Gasteiger partial charge on any atom is -1.00 e. The van der Waals surface area contributed by atoms with Gasteiger partial charge < -0.3 is 37.2 Å². The van der Waals surface area contributed by atoms with Crippen LogP contribution in [0.4, 0.5) is 0 Å². The number of benzene rings is 3. The van der Waals surface area contributed by atoms with Gasteiger partial charge in [-0.15, -0.1) is 0 Å². The molecule has 162 valence electrons. The van der Waals surface area contributed by atoms with Crippen molar-refractivity contribution in [3.05, 3.63) is 76.9 Å². The average Bonchev–Trinajstić information content (AvgIpc) is 2.98. The van der Waals surface area contributed by atoms with E-state index in [1.807, 2.05) is 0 Å². The van der Waals surface area contributed by atoms with E-state index in [-0.39, 0.29) is 37.2 Å². The Morgan fingerprint density at radius 2 is 1.52 bits per heavy atom. The van der Waals surface area contributed by atoms with Crippen LogP contribution in [0.25, 0.3) is 11.1 Å². The number of halogens is 3. The second-order valence-electron chi connectivity index (χ2n) is 8.37. The van der Waals surface area contributed by atoms with Crippen LogP contribution in [0.2, 0.25) is 0 Å². The van der Waals surface area contributed by atoms with E-state index in [4.69, 9.17) is 0 Å². The van der Waals surface area contributed by atoms with Crippen LogP contribution in [0.5, 0.6) is 0 Å². The molecule has 1 aliphatic carbocycles. The number of fused-ring (bicyclic) bond motifs is 3. The van der Waals surface area contributed by atoms with Crippen molar-refractivity contribution in [1.82, 2.24) is 0 Å². The summed E-state index contributed by atoms with van der Waals surface area (Å²) < 4.78 is 1.57. The Morgan fingerprint density at radius 1 is 0.839 bits per heavy atom. The summed E-state index contributed by atoms with van der Waals surface area (Å²) >= 11 is 2.39. The zero-order valence-electron chi connectivity index (χ0n) is 18.4. The Bertz CT molecular complexity index is 999. The van der Waals surface area contributed by atoms with Gasteiger partial charge in [0.2, 0.25) is 0 Å². The van der Waals surface area contributed by atoms with Crippen LogP contribution in [0.1, 0.15) is 60.8 Å². The normalized spacial score (nSPS) is 13.8. The summed E-state index contributed by atoms with van der Waals surface area (Å²) in [5.41, 5.74) is 8.94. The number of rotatable bonds is 6. The van der Waals surface area contributed by atoms with Crippen molar-refractivity contribution in [2.45, 2.75) is 52.4 Å². The van der Waals surface area contributed by atoms with Gasteiger partial charge in [0.1, 0.15) is 0 Å². The minimum atomic E-state index is -0.456. The van der Waals surface area contributed by atoms with E-state index in [2.05, 4.69) is 95.8 Å². The number of hydrogen-bond donors (Lipinski definition) is 0. The predicted octanol–water partition coefficient (Wildman–Crippen LogP) is -4.70. The second-order valence-corrected chi connectivity index (χ2v) is 11.1. The van der Waals surface area contributed by atoms with Crippen molar-refractivity contribution >= 4 is 23.8 Å². The summed E-state index contributed by atoms with van der Waals surface area (Å²) in [7, 11) is -0.456. The molecule has 4 rings (SSSR count). The molecule has 31 heavy (non-hydrogen) atoms. The molecule has 0 radical (unpaired) electrons. The van der Waals surface area contributed by atoms with E-state index in [0.29, 0.717) is 5.92 Å². The topological polar surface area (TPSA) is 0 Å². The maximum absolute atomic E-state index is 2.43. The fourth-order valence-corrected chi connectivity index (χ4v) is 7.82. The van der Waals surface area contributed by atoms with E-state index < -0.39 is 9.52 Å². The fourth-order valence-electron chi connectivity index (χ4n) is 4.90. The Morgan fingerprint density at radius 3 is 2.19 bits per heavy atom. The summed E-state index contributed by atoms with van der Waals surface area (Å²) in [6.45, 7) is 6.75. The zero-order valence-corrected chi connectivity index (χ0v) is 23.7. The molecule has 0 heterocycles.